The maximum absolute atomic E-state index is 11.3. The van der Waals surface area contributed by atoms with E-state index in [9.17, 15) is 9.90 Å². The summed E-state index contributed by atoms with van der Waals surface area (Å²) < 4.78 is 10.4. The van der Waals surface area contributed by atoms with Crippen LogP contribution in [0.3, 0.4) is 0 Å². The molecule has 0 unspecified atom stereocenters. The van der Waals surface area contributed by atoms with E-state index in [1.54, 1.807) is 0 Å². The van der Waals surface area contributed by atoms with Gasteiger partial charge in [-0.25, -0.2) is 4.79 Å². The summed E-state index contributed by atoms with van der Waals surface area (Å²) in [6.45, 7) is 8.66. The van der Waals surface area contributed by atoms with E-state index in [1.165, 1.54) is 7.11 Å². The van der Waals surface area contributed by atoms with E-state index in [-0.39, 0.29) is 5.76 Å². The van der Waals surface area contributed by atoms with Gasteiger partial charge in [0.05, 0.1) is 7.11 Å². The van der Waals surface area contributed by atoms with Crippen molar-refractivity contribution in [2.45, 2.75) is 52.2 Å². The number of aliphatic carboxylic acids is 1. The first-order chi connectivity index (χ1) is 11.9. The lowest BCUT2D eigenvalue weighted by atomic mass is 10.1. The van der Waals surface area contributed by atoms with E-state index in [1.807, 2.05) is 25.1 Å². The molecular weight excluding hydrogens is 332 g/mol. The van der Waals surface area contributed by atoms with Crippen molar-refractivity contribution < 1.29 is 19.4 Å². The molecule has 0 bridgehead atoms. The summed E-state index contributed by atoms with van der Waals surface area (Å²) >= 11 is 0. The molecule has 0 fully saturated rings. The fraction of sp³-hybridized carbons (Fsp3) is 0.450. The van der Waals surface area contributed by atoms with Gasteiger partial charge in [0.2, 0.25) is 5.76 Å². The standard InChI is InChI=1S/C20H28O4Si/c1-6-17-11-10-16(12-13-25(7-2,8-3)9-4)14-18(17)24-19(15-23-5)20(21)22/h10-11,14-15H,6-9H2,1-5H3,(H,21,22)/b19-15-. The van der Waals surface area contributed by atoms with Crippen molar-refractivity contribution in [1.29, 1.82) is 0 Å². The Morgan fingerprint density at radius 1 is 1.20 bits per heavy atom. The third kappa shape index (κ3) is 5.68. The Hall–Kier alpha value is -2.19. The number of carbonyl (C=O) groups is 1. The number of aryl methyl sites for hydroxylation is 1. The molecule has 25 heavy (non-hydrogen) atoms. The predicted octanol–water partition coefficient (Wildman–Crippen LogP) is 4.60. The second-order valence-electron chi connectivity index (χ2n) is 5.89. The first kappa shape index (κ1) is 20.9. The van der Waals surface area contributed by atoms with Gasteiger partial charge in [0.1, 0.15) is 20.1 Å². The number of rotatable bonds is 8. The molecule has 0 aliphatic heterocycles. The Bertz CT molecular complexity index is 670. The van der Waals surface area contributed by atoms with Crippen LogP contribution in [0, 0.1) is 11.5 Å². The highest BCUT2D eigenvalue weighted by molar-refractivity contribution is 6.87. The smallest absolute Gasteiger partial charge is 0.375 e. The van der Waals surface area contributed by atoms with Gasteiger partial charge < -0.3 is 14.6 Å². The average molecular weight is 361 g/mol. The maximum atomic E-state index is 11.3. The summed E-state index contributed by atoms with van der Waals surface area (Å²) in [5, 5.41) is 9.21. The van der Waals surface area contributed by atoms with Gasteiger partial charge in [-0.3, -0.25) is 0 Å². The minimum atomic E-state index is -1.53. The van der Waals surface area contributed by atoms with Crippen LogP contribution in [0.2, 0.25) is 18.1 Å². The number of methoxy groups -OCH3 is 1. The van der Waals surface area contributed by atoms with E-state index in [4.69, 9.17) is 9.47 Å². The van der Waals surface area contributed by atoms with Crippen molar-refractivity contribution in [3.63, 3.8) is 0 Å². The molecule has 0 saturated heterocycles. The molecular formula is C20H28O4Si. The lowest BCUT2D eigenvalue weighted by Crippen LogP contribution is -2.29. The number of hydrogen-bond donors (Lipinski definition) is 1. The van der Waals surface area contributed by atoms with Gasteiger partial charge >= 0.3 is 5.97 Å². The van der Waals surface area contributed by atoms with E-state index in [2.05, 4.69) is 32.2 Å². The number of hydrogen-bond acceptors (Lipinski definition) is 3. The monoisotopic (exact) mass is 360 g/mol. The first-order valence-corrected chi connectivity index (χ1v) is 11.4. The van der Waals surface area contributed by atoms with Crippen molar-refractivity contribution in [2.75, 3.05) is 7.11 Å². The summed E-state index contributed by atoms with van der Waals surface area (Å²) in [7, 11) is -0.141. The molecule has 0 heterocycles. The van der Waals surface area contributed by atoms with Gasteiger partial charge in [-0.1, -0.05) is 39.7 Å². The Morgan fingerprint density at radius 2 is 1.84 bits per heavy atom. The van der Waals surface area contributed by atoms with Crippen LogP contribution >= 0.6 is 0 Å². The van der Waals surface area contributed by atoms with E-state index in [0.29, 0.717) is 5.75 Å². The molecule has 1 rings (SSSR count). The molecule has 0 saturated carbocycles. The highest BCUT2D eigenvalue weighted by Gasteiger charge is 2.24. The summed E-state index contributed by atoms with van der Waals surface area (Å²) in [5.74, 6) is 2.39. The number of benzene rings is 1. The predicted molar refractivity (Wildman–Crippen MR) is 103 cm³/mol. The fourth-order valence-corrected chi connectivity index (χ4v) is 5.02. The molecule has 0 atom stereocenters. The van der Waals surface area contributed by atoms with Crippen LogP contribution < -0.4 is 4.74 Å². The topological polar surface area (TPSA) is 55.8 Å². The number of ether oxygens (including phenoxy) is 2. The summed E-state index contributed by atoms with van der Waals surface area (Å²) in [6.07, 6.45) is 1.82. The minimum absolute atomic E-state index is 0.248. The van der Waals surface area contributed by atoms with E-state index < -0.39 is 14.0 Å². The quantitative estimate of drug-likeness (QED) is 0.319. The average Bonchev–Trinajstić information content (AvgIpc) is 2.63. The van der Waals surface area contributed by atoms with Gasteiger partial charge in [-0.15, -0.1) is 5.54 Å². The molecule has 0 aromatic heterocycles. The van der Waals surface area contributed by atoms with Crippen LogP contribution in [0.15, 0.2) is 30.2 Å². The summed E-state index contributed by atoms with van der Waals surface area (Å²) in [5.41, 5.74) is 5.32. The molecule has 1 N–H and O–H groups in total. The van der Waals surface area contributed by atoms with Crippen LogP contribution in [0.1, 0.15) is 38.8 Å². The molecule has 1 aromatic rings. The fourth-order valence-electron chi connectivity index (χ4n) is 2.58. The first-order valence-electron chi connectivity index (χ1n) is 8.75. The minimum Gasteiger partial charge on any atom is -0.500 e. The molecule has 0 spiro atoms. The normalized spacial score (nSPS) is 11.5. The van der Waals surface area contributed by atoms with Crippen LogP contribution in [0.4, 0.5) is 0 Å². The van der Waals surface area contributed by atoms with Crippen molar-refractivity contribution in [3.8, 4) is 17.2 Å². The zero-order valence-electron chi connectivity index (χ0n) is 15.8. The molecule has 0 aliphatic rings. The highest BCUT2D eigenvalue weighted by atomic mass is 28.3. The lowest BCUT2D eigenvalue weighted by molar-refractivity contribution is -0.135. The van der Waals surface area contributed by atoms with Crippen LogP contribution in [0.5, 0.6) is 5.75 Å². The molecule has 5 heteroatoms. The molecule has 0 amide bonds. The Balaban J connectivity index is 3.23. The SMILES string of the molecule is CCc1ccc(C#C[Si](CC)(CC)CC)cc1O/C(=C\OC)C(=O)O. The molecule has 4 nitrogen and oxygen atoms in total. The maximum Gasteiger partial charge on any atom is 0.375 e. The van der Waals surface area contributed by atoms with Crippen LogP contribution in [-0.2, 0) is 16.0 Å². The van der Waals surface area contributed by atoms with Gasteiger partial charge in [0.15, 0.2) is 0 Å². The number of carboxylic acid groups (broad SMARTS) is 1. The molecule has 136 valence electrons. The largest absolute Gasteiger partial charge is 0.500 e. The third-order valence-electron chi connectivity index (χ3n) is 4.61. The second-order valence-corrected chi connectivity index (χ2v) is 10.8. The zero-order chi connectivity index (χ0) is 18.9. The van der Waals surface area contributed by atoms with E-state index in [0.717, 1.165) is 41.9 Å². The van der Waals surface area contributed by atoms with Crippen molar-refractivity contribution in [1.82, 2.24) is 0 Å². The molecule has 0 aliphatic carbocycles. The van der Waals surface area contributed by atoms with Gasteiger partial charge in [-0.05, 0) is 42.2 Å². The Labute approximate surface area is 151 Å². The Kier molecular flexibility index (Phi) is 8.30. The number of carboxylic acids is 1. The highest BCUT2D eigenvalue weighted by Crippen LogP contribution is 2.24. The van der Waals surface area contributed by atoms with Gasteiger partial charge in [0.25, 0.3) is 0 Å². The molecule has 0 radical (unpaired) electrons. The Morgan fingerprint density at radius 3 is 2.32 bits per heavy atom. The molecule has 1 aromatic carbocycles. The lowest BCUT2D eigenvalue weighted by Gasteiger charge is -2.20. The van der Waals surface area contributed by atoms with Crippen molar-refractivity contribution in [3.05, 3.63) is 41.3 Å². The van der Waals surface area contributed by atoms with E-state index >= 15 is 0 Å². The van der Waals surface area contributed by atoms with Gasteiger partial charge in [0, 0.05) is 5.56 Å². The second kappa shape index (κ2) is 9.95. The van der Waals surface area contributed by atoms with Crippen molar-refractivity contribution in [2.24, 2.45) is 0 Å². The summed E-state index contributed by atoms with van der Waals surface area (Å²) in [4.78, 5) is 11.3. The third-order valence-corrected chi connectivity index (χ3v) is 9.32. The zero-order valence-corrected chi connectivity index (χ0v) is 16.8. The van der Waals surface area contributed by atoms with Crippen LogP contribution in [-0.4, -0.2) is 26.3 Å². The van der Waals surface area contributed by atoms with Gasteiger partial charge in [-0.2, -0.15) is 0 Å². The van der Waals surface area contributed by atoms with Crippen LogP contribution in [0.25, 0.3) is 0 Å². The van der Waals surface area contributed by atoms with Crippen molar-refractivity contribution >= 4 is 14.0 Å². The summed E-state index contributed by atoms with van der Waals surface area (Å²) in [6, 6.07) is 9.16.